The smallest absolute Gasteiger partial charge is 0.331 e. The van der Waals surface area contributed by atoms with Crippen LogP contribution >= 0.6 is 0 Å². The van der Waals surface area contributed by atoms with Gasteiger partial charge >= 0.3 is 5.97 Å². The average molecular weight is 897 g/mol. The van der Waals surface area contributed by atoms with Crippen molar-refractivity contribution in [3.63, 3.8) is 0 Å². The van der Waals surface area contributed by atoms with Crippen molar-refractivity contribution in [1.29, 1.82) is 0 Å². The fraction of sp³-hybridized carbons (Fsp3) is 0.860. The zero-order chi connectivity index (χ0) is 44.7. The molecule has 64 heavy (non-hydrogen) atoms. The summed E-state index contributed by atoms with van der Waals surface area (Å²) in [4.78, 5) is 12.3. The lowest BCUT2D eigenvalue weighted by Crippen LogP contribution is -2.70. The molecule has 0 aliphatic carbocycles. The Morgan fingerprint density at radius 2 is 1.48 bits per heavy atom. The first kappa shape index (κ1) is 44.7. The van der Waals surface area contributed by atoms with Crippen LogP contribution < -0.4 is 0 Å². The Kier molecular flexibility index (Phi) is 11.1. The summed E-state index contributed by atoms with van der Waals surface area (Å²) in [6.07, 6.45) is 9.32. The van der Waals surface area contributed by atoms with Gasteiger partial charge in [0.1, 0.15) is 23.9 Å². The number of carbonyl (C=O) groups excluding carboxylic acids is 1. The van der Waals surface area contributed by atoms with Gasteiger partial charge in [-0.25, -0.2) is 4.79 Å². The summed E-state index contributed by atoms with van der Waals surface area (Å²) in [5.74, 6) is -0.141. The molecule has 11 heterocycles. The molecule has 11 aliphatic rings. The molecule has 14 heteroatoms. The number of aliphatic hydroxyl groups excluding tert-OH is 2. The molecule has 0 unspecified atom stereocenters. The maximum absolute atomic E-state index is 12.3. The fourth-order valence-corrected chi connectivity index (χ4v) is 14.0. The van der Waals surface area contributed by atoms with Gasteiger partial charge in [-0.1, -0.05) is 25.7 Å². The number of carbonyl (C=O) groups is 1. The van der Waals surface area contributed by atoms with Crippen LogP contribution in [0.3, 0.4) is 0 Å². The van der Waals surface area contributed by atoms with Crippen molar-refractivity contribution in [3.8, 4) is 0 Å². The number of hydrogen-bond acceptors (Lipinski definition) is 14. The first-order valence-corrected chi connectivity index (χ1v) is 24.5. The largest absolute Gasteiger partial charge is 0.456 e. The first-order chi connectivity index (χ1) is 30.4. The van der Waals surface area contributed by atoms with Crippen LogP contribution in [0.5, 0.6) is 0 Å². The minimum Gasteiger partial charge on any atom is -0.456 e. The van der Waals surface area contributed by atoms with Crippen LogP contribution in [-0.4, -0.2) is 155 Å². The molecule has 11 aliphatic heterocycles. The molecule has 356 valence electrons. The third-order valence-electron chi connectivity index (χ3n) is 17.9. The summed E-state index contributed by atoms with van der Waals surface area (Å²) in [5, 5.41) is 21.0. The average Bonchev–Trinajstić information content (AvgIpc) is 3.43. The second kappa shape index (κ2) is 15.9. The molecular formula is C50H72O14. The molecule has 9 fully saturated rings. The Morgan fingerprint density at radius 3 is 2.30 bits per heavy atom. The minimum absolute atomic E-state index is 0.101. The minimum atomic E-state index is -0.886. The quantitative estimate of drug-likeness (QED) is 0.279. The molecule has 0 aromatic heterocycles. The predicted octanol–water partition coefficient (Wildman–Crippen LogP) is 5.27. The third kappa shape index (κ3) is 7.46. The van der Waals surface area contributed by atoms with E-state index in [-0.39, 0.29) is 116 Å². The van der Waals surface area contributed by atoms with Gasteiger partial charge < -0.3 is 62.3 Å². The third-order valence-corrected chi connectivity index (χ3v) is 17.9. The molecule has 0 radical (unpaired) electrons. The highest BCUT2D eigenvalue weighted by atomic mass is 16.7. The van der Waals surface area contributed by atoms with Gasteiger partial charge in [-0.2, -0.15) is 0 Å². The van der Waals surface area contributed by atoms with Crippen LogP contribution in [0.4, 0.5) is 0 Å². The zero-order valence-electron chi connectivity index (χ0n) is 38.8. The Bertz CT molecular complexity index is 1910. The summed E-state index contributed by atoms with van der Waals surface area (Å²) in [6.45, 7) is 18.7. The van der Waals surface area contributed by atoms with E-state index in [1.165, 1.54) is 0 Å². The van der Waals surface area contributed by atoms with Gasteiger partial charge in [0.15, 0.2) is 0 Å². The number of ether oxygens (including phenoxy) is 11. The van der Waals surface area contributed by atoms with Gasteiger partial charge in [0, 0.05) is 51.0 Å². The normalized spacial score (nSPS) is 57.0. The highest BCUT2D eigenvalue weighted by Gasteiger charge is 2.64. The van der Waals surface area contributed by atoms with Crippen molar-refractivity contribution < 1.29 is 67.1 Å². The molecular weight excluding hydrogens is 825 g/mol. The topological polar surface area (TPSA) is 159 Å². The highest BCUT2D eigenvalue weighted by Crippen LogP contribution is 2.55. The summed E-state index contributed by atoms with van der Waals surface area (Å²) in [6, 6.07) is 0. The van der Waals surface area contributed by atoms with Crippen molar-refractivity contribution in [2.75, 3.05) is 6.61 Å². The molecule has 14 nitrogen and oxygen atoms in total. The SMILES string of the molecule is C=C(CO)C[C@@H]1C[C@H](O)[C@]2(C)O[C@H]3C[C@@H]4O[C@@H]5C[C@]6(C)O[C@]7(C)CC[C@@H]8O[C@H]9C[C@]%10(C)O[C@@H]%11C(C)=CC(=O)O[C@H]%11C[C@H]%10O[C@H]9C[C@@H](C)[C@H]8O[C@H]7C[C@H]6O[C@@]5(C)C/C=C\[C@H]4O[C@H]3C[C@H]2O1. The Hall–Kier alpha value is -1.79. The molecule has 11 rings (SSSR count). The highest BCUT2D eigenvalue weighted by molar-refractivity contribution is 5.84. The monoisotopic (exact) mass is 896 g/mol. The van der Waals surface area contributed by atoms with E-state index >= 15 is 0 Å². The number of fused-ring (bicyclic) bond motifs is 10. The lowest BCUT2D eigenvalue weighted by Gasteiger charge is -2.60. The number of aliphatic hydroxyl groups is 2. The molecule has 9 saturated heterocycles. The van der Waals surface area contributed by atoms with E-state index in [4.69, 9.17) is 52.1 Å². The van der Waals surface area contributed by atoms with Gasteiger partial charge in [0.05, 0.1) is 114 Å². The summed E-state index contributed by atoms with van der Waals surface area (Å²) in [5.41, 5.74) is -1.68. The van der Waals surface area contributed by atoms with E-state index in [0.29, 0.717) is 63.4 Å². The van der Waals surface area contributed by atoms with Crippen LogP contribution in [-0.2, 0) is 56.9 Å². The molecule has 0 aromatic rings. The van der Waals surface area contributed by atoms with E-state index < -0.39 is 34.1 Å². The van der Waals surface area contributed by atoms with Gasteiger partial charge in [-0.3, -0.25) is 0 Å². The van der Waals surface area contributed by atoms with Crippen LogP contribution in [0, 0.1) is 5.92 Å². The van der Waals surface area contributed by atoms with Crippen molar-refractivity contribution in [1.82, 2.24) is 0 Å². The van der Waals surface area contributed by atoms with Crippen LogP contribution in [0.25, 0.3) is 0 Å². The van der Waals surface area contributed by atoms with Crippen LogP contribution in [0.2, 0.25) is 0 Å². The number of rotatable bonds is 3. The van der Waals surface area contributed by atoms with Gasteiger partial charge in [0.2, 0.25) is 0 Å². The van der Waals surface area contributed by atoms with E-state index in [1.54, 1.807) is 6.08 Å². The number of esters is 1. The maximum Gasteiger partial charge on any atom is 0.331 e. The van der Waals surface area contributed by atoms with Crippen LogP contribution in [0.15, 0.2) is 36.0 Å². The zero-order valence-corrected chi connectivity index (χ0v) is 38.8. The first-order valence-electron chi connectivity index (χ1n) is 24.5. The summed E-state index contributed by atoms with van der Waals surface area (Å²) in [7, 11) is 0. The Labute approximate surface area is 377 Å². The summed E-state index contributed by atoms with van der Waals surface area (Å²) < 4.78 is 75.7. The van der Waals surface area contributed by atoms with Crippen molar-refractivity contribution in [3.05, 3.63) is 36.0 Å². The summed E-state index contributed by atoms with van der Waals surface area (Å²) >= 11 is 0. The standard InChI is InChI=1S/C50H72O14/c1-25(24-51)14-28-17-37(52)50(8)41(54-28)19-33-34(61-50)18-32-29(55-33)10-9-12-46(4)42(58-32)23-49(7)40(62-46)21-39-47(5,64-49)13-11-30-44(60-39)26(2)15-31-36(56-30)22-48(6)38(57-31)20-35-45(63-48)27(3)16-43(53)59-35/h9-10,16,26,28-42,44-45,51-52H,1,11-15,17-24H2,2-8H3/b10-9-/t26-,28-,29-,30+,31+,32+,33+,34+,35+,36+,37+,38-,39+,40-,41-,42-,44-,45-,46+,47-,48+,49+,50+/m1/s1. The second-order valence-corrected chi connectivity index (χ2v) is 22.8. The van der Waals surface area contributed by atoms with Crippen molar-refractivity contribution >= 4 is 5.97 Å². The lowest BCUT2D eigenvalue weighted by molar-refractivity contribution is -0.356. The van der Waals surface area contributed by atoms with E-state index in [0.717, 1.165) is 24.8 Å². The Balaban J connectivity index is 0.776. The molecule has 0 saturated carbocycles. The molecule has 2 N–H and O–H groups in total. The fourth-order valence-electron chi connectivity index (χ4n) is 14.0. The molecule has 0 spiro atoms. The number of hydrogen-bond donors (Lipinski definition) is 2. The van der Waals surface area contributed by atoms with Gasteiger partial charge in [-0.15, -0.1) is 0 Å². The van der Waals surface area contributed by atoms with Crippen molar-refractivity contribution in [2.45, 2.75) is 257 Å². The Morgan fingerprint density at radius 1 is 0.719 bits per heavy atom. The lowest BCUT2D eigenvalue weighted by atomic mass is 9.72. The molecule has 0 bridgehead atoms. The van der Waals surface area contributed by atoms with E-state index in [9.17, 15) is 15.0 Å². The van der Waals surface area contributed by atoms with Gasteiger partial charge in [-0.05, 0) is 90.7 Å². The van der Waals surface area contributed by atoms with Crippen molar-refractivity contribution in [2.24, 2.45) is 5.92 Å². The molecule has 0 aromatic carbocycles. The van der Waals surface area contributed by atoms with E-state index in [2.05, 4.69) is 53.3 Å². The van der Waals surface area contributed by atoms with Crippen LogP contribution in [0.1, 0.15) is 126 Å². The maximum atomic E-state index is 12.3. The second-order valence-electron chi connectivity index (χ2n) is 22.8. The van der Waals surface area contributed by atoms with Gasteiger partial charge in [0.25, 0.3) is 0 Å². The predicted molar refractivity (Wildman–Crippen MR) is 229 cm³/mol. The molecule has 0 amide bonds. The van der Waals surface area contributed by atoms with E-state index in [1.807, 2.05) is 13.8 Å². The molecule has 23 atom stereocenters.